The molecule has 0 rings (SSSR count). The highest BCUT2D eigenvalue weighted by molar-refractivity contribution is 4.54. The smallest absolute Gasteiger partial charge is 0.109 e. The predicted octanol–water partition coefficient (Wildman–Crippen LogP) is 0.522. The van der Waals surface area contributed by atoms with E-state index in [1.54, 1.807) is 4.90 Å². The van der Waals surface area contributed by atoms with Crippen LogP contribution in [-0.2, 0) is 0 Å². The van der Waals surface area contributed by atoms with Crippen molar-refractivity contribution in [2.75, 3.05) is 14.1 Å². The number of hydrogen-bond acceptors (Lipinski definition) is 2. The van der Waals surface area contributed by atoms with Gasteiger partial charge in [0, 0.05) is 0 Å². The molecule has 0 aromatic carbocycles. The molecule has 50 valence electrons. The van der Waals surface area contributed by atoms with Crippen LogP contribution in [0.5, 0.6) is 0 Å². The van der Waals surface area contributed by atoms with Gasteiger partial charge >= 0.3 is 0 Å². The van der Waals surface area contributed by atoms with Crippen LogP contribution < -0.4 is 0 Å². The third-order valence-corrected chi connectivity index (χ3v) is 1.13. The van der Waals surface area contributed by atoms with Crippen molar-refractivity contribution in [2.45, 2.75) is 20.1 Å². The van der Waals surface area contributed by atoms with Crippen molar-refractivity contribution in [1.82, 2.24) is 4.90 Å². The molecule has 0 aliphatic rings. The molecule has 0 spiro atoms. The minimum Gasteiger partial charge on any atom is -0.378 e. The van der Waals surface area contributed by atoms with Gasteiger partial charge in [-0.25, -0.2) is 0 Å². The van der Waals surface area contributed by atoms with Crippen molar-refractivity contribution in [3.05, 3.63) is 0 Å². The zero-order chi connectivity index (χ0) is 6.73. The van der Waals surface area contributed by atoms with Crippen LogP contribution in [0, 0.1) is 5.92 Å². The van der Waals surface area contributed by atoms with Crippen molar-refractivity contribution in [3.63, 3.8) is 0 Å². The van der Waals surface area contributed by atoms with E-state index in [1.165, 1.54) is 0 Å². The van der Waals surface area contributed by atoms with Crippen molar-refractivity contribution in [1.29, 1.82) is 0 Å². The minimum atomic E-state index is -0.296. The highest BCUT2D eigenvalue weighted by atomic mass is 16.3. The fraction of sp³-hybridized carbons (Fsp3) is 1.00. The Kier molecular flexibility index (Phi) is 3.02. The van der Waals surface area contributed by atoms with Gasteiger partial charge < -0.3 is 5.11 Å². The molecule has 0 saturated carbocycles. The highest BCUT2D eigenvalue weighted by Crippen LogP contribution is 2.01. The number of nitrogens with zero attached hydrogens (tertiary/aromatic N) is 1. The molecule has 0 aliphatic carbocycles. The SMILES string of the molecule is CC(C)C(O)N(C)C. The van der Waals surface area contributed by atoms with Crippen molar-refractivity contribution >= 4 is 0 Å². The number of rotatable bonds is 2. The Morgan fingerprint density at radius 2 is 1.62 bits per heavy atom. The molecule has 0 amide bonds. The second-order valence-corrected chi connectivity index (χ2v) is 2.62. The Morgan fingerprint density at radius 1 is 1.25 bits per heavy atom. The van der Waals surface area contributed by atoms with E-state index in [2.05, 4.69) is 0 Å². The Balaban J connectivity index is 3.46. The fourth-order valence-electron chi connectivity index (χ4n) is 0.596. The molecule has 0 aromatic heterocycles. The standard InChI is InChI=1S/C6H15NO/c1-5(2)6(8)7(3)4/h5-6,8H,1-4H3. The molecule has 0 saturated heterocycles. The Hall–Kier alpha value is -0.0800. The summed E-state index contributed by atoms with van der Waals surface area (Å²) in [5, 5.41) is 9.13. The summed E-state index contributed by atoms with van der Waals surface area (Å²) in [5.41, 5.74) is 0. The first-order valence-electron chi connectivity index (χ1n) is 2.90. The summed E-state index contributed by atoms with van der Waals surface area (Å²) in [7, 11) is 3.73. The molecule has 0 heterocycles. The minimum absolute atomic E-state index is 0.296. The third-order valence-electron chi connectivity index (χ3n) is 1.13. The second kappa shape index (κ2) is 3.05. The lowest BCUT2D eigenvalue weighted by Crippen LogP contribution is -2.31. The molecule has 0 aromatic rings. The zero-order valence-electron chi connectivity index (χ0n) is 6.05. The van der Waals surface area contributed by atoms with Crippen LogP contribution in [0.1, 0.15) is 13.8 Å². The lowest BCUT2D eigenvalue weighted by molar-refractivity contribution is 0.00246. The first kappa shape index (κ1) is 7.92. The molecule has 0 aliphatic heterocycles. The molecule has 1 atom stereocenters. The summed E-state index contributed by atoms with van der Waals surface area (Å²) in [5.74, 6) is 0.324. The molecule has 2 heteroatoms. The summed E-state index contributed by atoms with van der Waals surface area (Å²) in [6, 6.07) is 0. The molecule has 1 N–H and O–H groups in total. The van der Waals surface area contributed by atoms with E-state index < -0.39 is 0 Å². The van der Waals surface area contributed by atoms with Gasteiger partial charge in [0.1, 0.15) is 6.23 Å². The third kappa shape index (κ3) is 2.28. The van der Waals surface area contributed by atoms with E-state index in [-0.39, 0.29) is 6.23 Å². The van der Waals surface area contributed by atoms with Crippen LogP contribution in [0.15, 0.2) is 0 Å². The van der Waals surface area contributed by atoms with Crippen molar-refractivity contribution in [3.8, 4) is 0 Å². The molecule has 8 heavy (non-hydrogen) atoms. The summed E-state index contributed by atoms with van der Waals surface area (Å²) in [6.45, 7) is 3.98. The monoisotopic (exact) mass is 117 g/mol. The first-order chi connectivity index (χ1) is 3.55. The molecule has 2 nitrogen and oxygen atoms in total. The van der Waals surface area contributed by atoms with Gasteiger partial charge in [0.25, 0.3) is 0 Å². The van der Waals surface area contributed by atoms with Gasteiger partial charge in [-0.3, -0.25) is 4.90 Å². The average Bonchev–Trinajstić information content (AvgIpc) is 1.64. The van der Waals surface area contributed by atoms with Gasteiger partial charge in [-0.2, -0.15) is 0 Å². The van der Waals surface area contributed by atoms with Gasteiger partial charge in [-0.15, -0.1) is 0 Å². The van der Waals surface area contributed by atoms with E-state index >= 15 is 0 Å². The summed E-state index contributed by atoms with van der Waals surface area (Å²) in [4.78, 5) is 1.80. The lowest BCUT2D eigenvalue weighted by Gasteiger charge is -2.21. The first-order valence-corrected chi connectivity index (χ1v) is 2.90. The van der Waals surface area contributed by atoms with Crippen molar-refractivity contribution in [2.24, 2.45) is 5.92 Å². The van der Waals surface area contributed by atoms with Gasteiger partial charge in [0.05, 0.1) is 0 Å². The van der Waals surface area contributed by atoms with E-state index in [1.807, 2.05) is 27.9 Å². The maximum atomic E-state index is 9.13. The molecule has 0 radical (unpaired) electrons. The summed E-state index contributed by atoms with van der Waals surface area (Å²) < 4.78 is 0. The molecular weight excluding hydrogens is 102 g/mol. The zero-order valence-corrected chi connectivity index (χ0v) is 6.05. The van der Waals surface area contributed by atoms with E-state index in [0.717, 1.165) is 0 Å². The molecular formula is C6H15NO. The predicted molar refractivity (Wildman–Crippen MR) is 34.5 cm³/mol. The average molecular weight is 117 g/mol. The Bertz CT molecular complexity index is 53.5. The van der Waals surface area contributed by atoms with E-state index in [0.29, 0.717) is 5.92 Å². The van der Waals surface area contributed by atoms with Crippen molar-refractivity contribution < 1.29 is 5.11 Å². The molecule has 1 unspecified atom stereocenters. The second-order valence-electron chi connectivity index (χ2n) is 2.62. The van der Waals surface area contributed by atoms with Crippen LogP contribution in [0.2, 0.25) is 0 Å². The van der Waals surface area contributed by atoms with E-state index in [4.69, 9.17) is 5.11 Å². The fourth-order valence-corrected chi connectivity index (χ4v) is 0.596. The van der Waals surface area contributed by atoms with Crippen LogP contribution >= 0.6 is 0 Å². The number of aliphatic hydroxyl groups excluding tert-OH is 1. The molecule has 0 bridgehead atoms. The van der Waals surface area contributed by atoms with Crippen LogP contribution in [0.4, 0.5) is 0 Å². The Morgan fingerprint density at radius 3 is 1.62 bits per heavy atom. The van der Waals surface area contributed by atoms with Gasteiger partial charge in [-0.1, -0.05) is 13.8 Å². The summed E-state index contributed by atoms with van der Waals surface area (Å²) >= 11 is 0. The van der Waals surface area contributed by atoms with Crippen LogP contribution in [0.3, 0.4) is 0 Å². The van der Waals surface area contributed by atoms with Gasteiger partial charge in [0.2, 0.25) is 0 Å². The number of hydrogen-bond donors (Lipinski definition) is 1. The normalized spacial score (nSPS) is 15.4. The number of aliphatic hydroxyl groups is 1. The van der Waals surface area contributed by atoms with Gasteiger partial charge in [-0.05, 0) is 20.0 Å². The molecule has 0 fully saturated rings. The maximum absolute atomic E-state index is 9.13. The lowest BCUT2D eigenvalue weighted by atomic mass is 10.2. The summed E-state index contributed by atoms with van der Waals surface area (Å²) in [6.07, 6.45) is -0.296. The quantitative estimate of drug-likeness (QED) is 0.533. The van der Waals surface area contributed by atoms with Crippen LogP contribution in [-0.4, -0.2) is 30.3 Å². The van der Waals surface area contributed by atoms with E-state index in [9.17, 15) is 0 Å². The Labute approximate surface area is 51.1 Å². The maximum Gasteiger partial charge on any atom is 0.109 e. The van der Waals surface area contributed by atoms with Crippen LogP contribution in [0.25, 0.3) is 0 Å². The van der Waals surface area contributed by atoms with Gasteiger partial charge in [0.15, 0.2) is 0 Å². The largest absolute Gasteiger partial charge is 0.378 e. The highest BCUT2D eigenvalue weighted by Gasteiger charge is 2.09. The topological polar surface area (TPSA) is 23.5 Å².